The van der Waals surface area contributed by atoms with Crippen molar-refractivity contribution in [3.05, 3.63) is 83.3 Å². The number of hydrogen-bond donors (Lipinski definition) is 0. The fraction of sp³-hybridized carbons (Fsp3) is 0.136. The predicted octanol–water partition coefficient (Wildman–Crippen LogP) is 4.24. The summed E-state index contributed by atoms with van der Waals surface area (Å²) >= 11 is 0. The average Bonchev–Trinajstić information content (AvgIpc) is 2.69. The largest absolute Gasteiger partial charge is 0.497 e. The van der Waals surface area contributed by atoms with Crippen LogP contribution in [0.5, 0.6) is 11.5 Å². The molecule has 1 aromatic heterocycles. The van der Waals surface area contributed by atoms with Gasteiger partial charge in [-0.25, -0.2) is 0 Å². The van der Waals surface area contributed by atoms with E-state index >= 15 is 0 Å². The molecule has 0 bridgehead atoms. The van der Waals surface area contributed by atoms with Gasteiger partial charge in [0.15, 0.2) is 0 Å². The van der Waals surface area contributed by atoms with Crippen LogP contribution in [-0.4, -0.2) is 18.3 Å². The van der Waals surface area contributed by atoms with Crippen molar-refractivity contribution in [3.63, 3.8) is 0 Å². The Labute approximate surface area is 151 Å². The lowest BCUT2D eigenvalue weighted by molar-refractivity contribution is 0.300. The molecule has 0 aliphatic carbocycles. The molecule has 1 heterocycles. The Morgan fingerprint density at radius 1 is 0.885 bits per heavy atom. The van der Waals surface area contributed by atoms with E-state index in [1.165, 1.54) is 0 Å². The second-order valence-electron chi connectivity index (χ2n) is 6.09. The number of aromatic nitrogens is 1. The number of ether oxygens (including phenoxy) is 2. The van der Waals surface area contributed by atoms with Crippen molar-refractivity contribution in [2.45, 2.75) is 6.54 Å². The molecule has 0 aliphatic rings. The molecule has 0 unspecified atom stereocenters. The Hall–Kier alpha value is -3.27. The first kappa shape index (κ1) is 16.2. The number of hydrogen-bond acceptors (Lipinski definition) is 3. The topological polar surface area (TPSA) is 40.5 Å². The van der Waals surface area contributed by atoms with E-state index in [9.17, 15) is 4.79 Å². The summed E-state index contributed by atoms with van der Waals surface area (Å²) in [6.45, 7) is 0.916. The van der Waals surface area contributed by atoms with Crippen LogP contribution < -0.4 is 15.0 Å². The molecular formula is C22H19NO3. The third kappa shape index (κ3) is 3.02. The highest BCUT2D eigenvalue weighted by Crippen LogP contribution is 2.25. The number of pyridine rings is 1. The molecule has 0 atom stereocenters. The quantitative estimate of drug-likeness (QED) is 0.543. The standard InChI is InChI=1S/C22H19NO3/c1-25-18-9-10-20-17(15-18)11-12-23(22(20)24)13-14-26-21-8-4-6-16-5-2-3-7-19(16)21/h2-12,15H,13-14H2,1H3. The number of methoxy groups -OCH3 is 1. The summed E-state index contributed by atoms with van der Waals surface area (Å²) in [6.07, 6.45) is 1.80. The zero-order valence-corrected chi connectivity index (χ0v) is 14.5. The van der Waals surface area contributed by atoms with Gasteiger partial charge in [0.2, 0.25) is 0 Å². The SMILES string of the molecule is COc1ccc2c(=O)n(CCOc3cccc4ccccc34)ccc2c1. The van der Waals surface area contributed by atoms with E-state index in [0.717, 1.165) is 27.7 Å². The van der Waals surface area contributed by atoms with Crippen molar-refractivity contribution in [1.82, 2.24) is 4.57 Å². The van der Waals surface area contributed by atoms with E-state index in [-0.39, 0.29) is 5.56 Å². The molecule has 0 fully saturated rings. The van der Waals surface area contributed by atoms with Crippen LogP contribution in [-0.2, 0) is 6.54 Å². The van der Waals surface area contributed by atoms with Gasteiger partial charge in [-0.2, -0.15) is 0 Å². The lowest BCUT2D eigenvalue weighted by Crippen LogP contribution is -2.22. The normalized spacial score (nSPS) is 11.0. The number of nitrogens with zero attached hydrogens (tertiary/aromatic N) is 1. The molecule has 0 amide bonds. The maximum absolute atomic E-state index is 12.6. The molecule has 0 N–H and O–H groups in total. The molecule has 4 nitrogen and oxygen atoms in total. The third-order valence-electron chi connectivity index (χ3n) is 4.52. The van der Waals surface area contributed by atoms with Gasteiger partial charge in [0.05, 0.1) is 13.7 Å². The van der Waals surface area contributed by atoms with Crippen molar-refractivity contribution >= 4 is 21.5 Å². The summed E-state index contributed by atoms with van der Waals surface area (Å²) in [7, 11) is 1.62. The maximum Gasteiger partial charge on any atom is 0.258 e. The fourth-order valence-electron chi connectivity index (χ4n) is 3.14. The van der Waals surface area contributed by atoms with Crippen LogP contribution in [0.2, 0.25) is 0 Å². The van der Waals surface area contributed by atoms with Crippen LogP contribution in [0.1, 0.15) is 0 Å². The zero-order valence-electron chi connectivity index (χ0n) is 14.5. The van der Waals surface area contributed by atoms with Crippen molar-refractivity contribution in [2.24, 2.45) is 0 Å². The first-order chi connectivity index (χ1) is 12.8. The van der Waals surface area contributed by atoms with Crippen LogP contribution >= 0.6 is 0 Å². The summed E-state index contributed by atoms with van der Waals surface area (Å²) in [5.41, 5.74) is -0.0216. The van der Waals surface area contributed by atoms with Crippen LogP contribution in [0.4, 0.5) is 0 Å². The van der Waals surface area contributed by atoms with Gasteiger partial charge in [-0.05, 0) is 41.1 Å². The van der Waals surface area contributed by atoms with E-state index in [1.807, 2.05) is 42.5 Å². The monoisotopic (exact) mass is 345 g/mol. The minimum Gasteiger partial charge on any atom is -0.497 e. The van der Waals surface area contributed by atoms with Crippen LogP contribution in [0.25, 0.3) is 21.5 Å². The molecule has 130 valence electrons. The van der Waals surface area contributed by atoms with E-state index in [2.05, 4.69) is 12.1 Å². The van der Waals surface area contributed by atoms with Crippen molar-refractivity contribution in [3.8, 4) is 11.5 Å². The average molecular weight is 345 g/mol. The lowest BCUT2D eigenvalue weighted by Gasteiger charge is -2.11. The van der Waals surface area contributed by atoms with Gasteiger partial charge in [-0.3, -0.25) is 4.79 Å². The van der Waals surface area contributed by atoms with Crippen LogP contribution in [0.15, 0.2) is 77.7 Å². The van der Waals surface area contributed by atoms with E-state index < -0.39 is 0 Å². The summed E-state index contributed by atoms with van der Waals surface area (Å²) in [5, 5.41) is 3.77. The van der Waals surface area contributed by atoms with Crippen molar-refractivity contribution in [1.29, 1.82) is 0 Å². The minimum absolute atomic E-state index is 0.0216. The highest BCUT2D eigenvalue weighted by atomic mass is 16.5. The molecular weight excluding hydrogens is 326 g/mol. The maximum atomic E-state index is 12.6. The van der Waals surface area contributed by atoms with Gasteiger partial charge in [-0.1, -0.05) is 36.4 Å². The van der Waals surface area contributed by atoms with Gasteiger partial charge < -0.3 is 14.0 Å². The summed E-state index contributed by atoms with van der Waals surface area (Å²) < 4.78 is 12.8. The van der Waals surface area contributed by atoms with Gasteiger partial charge in [-0.15, -0.1) is 0 Å². The first-order valence-electron chi connectivity index (χ1n) is 8.54. The minimum atomic E-state index is -0.0216. The van der Waals surface area contributed by atoms with Gasteiger partial charge >= 0.3 is 0 Å². The van der Waals surface area contributed by atoms with Crippen LogP contribution in [0.3, 0.4) is 0 Å². The molecule has 3 aromatic carbocycles. The Bertz CT molecular complexity index is 1130. The van der Waals surface area contributed by atoms with Gasteiger partial charge in [0.25, 0.3) is 5.56 Å². The first-order valence-corrected chi connectivity index (χ1v) is 8.54. The van der Waals surface area contributed by atoms with E-state index in [0.29, 0.717) is 18.5 Å². The Kier molecular flexibility index (Phi) is 4.32. The predicted molar refractivity (Wildman–Crippen MR) is 104 cm³/mol. The Morgan fingerprint density at radius 3 is 2.62 bits per heavy atom. The van der Waals surface area contributed by atoms with Gasteiger partial charge in [0, 0.05) is 17.0 Å². The van der Waals surface area contributed by atoms with Crippen molar-refractivity contribution in [2.75, 3.05) is 13.7 Å². The highest BCUT2D eigenvalue weighted by molar-refractivity contribution is 5.88. The zero-order chi connectivity index (χ0) is 17.9. The second-order valence-corrected chi connectivity index (χ2v) is 6.09. The molecule has 0 radical (unpaired) electrons. The van der Waals surface area contributed by atoms with Crippen LogP contribution in [0, 0.1) is 0 Å². The van der Waals surface area contributed by atoms with Gasteiger partial charge in [0.1, 0.15) is 18.1 Å². The smallest absolute Gasteiger partial charge is 0.258 e. The molecule has 0 spiro atoms. The lowest BCUT2D eigenvalue weighted by atomic mass is 10.1. The molecule has 0 saturated heterocycles. The Balaban J connectivity index is 1.54. The Morgan fingerprint density at radius 2 is 1.73 bits per heavy atom. The van der Waals surface area contributed by atoms with E-state index in [1.54, 1.807) is 30.0 Å². The molecule has 4 aromatic rings. The second kappa shape index (κ2) is 6.92. The molecule has 4 heteroatoms. The molecule has 0 saturated carbocycles. The van der Waals surface area contributed by atoms with Crippen molar-refractivity contribution < 1.29 is 9.47 Å². The summed E-state index contributed by atoms with van der Waals surface area (Å²) in [4.78, 5) is 12.6. The summed E-state index contributed by atoms with van der Waals surface area (Å²) in [6, 6.07) is 21.5. The number of benzene rings is 3. The third-order valence-corrected chi connectivity index (χ3v) is 4.52. The highest BCUT2D eigenvalue weighted by Gasteiger charge is 2.05. The molecule has 0 aliphatic heterocycles. The fourth-order valence-corrected chi connectivity index (χ4v) is 3.14. The molecule has 26 heavy (non-hydrogen) atoms. The number of rotatable bonds is 5. The molecule has 4 rings (SSSR count). The number of fused-ring (bicyclic) bond motifs is 2. The van der Waals surface area contributed by atoms with E-state index in [4.69, 9.17) is 9.47 Å². The summed E-state index contributed by atoms with van der Waals surface area (Å²) in [5.74, 6) is 1.58.